The summed E-state index contributed by atoms with van der Waals surface area (Å²) in [6.45, 7) is 3.73. The fourth-order valence-electron chi connectivity index (χ4n) is 2.36. The van der Waals surface area contributed by atoms with Gasteiger partial charge in [-0.25, -0.2) is 0 Å². The second-order valence-corrected chi connectivity index (χ2v) is 7.13. The molecule has 1 aliphatic rings. The van der Waals surface area contributed by atoms with Gasteiger partial charge >= 0.3 is 0 Å². The molecule has 3 N–H and O–H groups in total. The molecule has 3 aromatic rings. The molecular formula is C22H26ClN5O2. The van der Waals surface area contributed by atoms with Crippen molar-refractivity contribution in [2.75, 3.05) is 12.4 Å². The van der Waals surface area contributed by atoms with E-state index in [1.165, 1.54) is 6.20 Å². The lowest BCUT2D eigenvalue weighted by molar-refractivity contribution is 0.0950. The maximum atomic E-state index is 11.8. The number of nitrogens with one attached hydrogen (secondary N) is 3. The van der Waals surface area contributed by atoms with Gasteiger partial charge < -0.3 is 10.6 Å². The Balaban J connectivity index is 0.000000189. The maximum absolute atomic E-state index is 11.8. The van der Waals surface area contributed by atoms with Crippen LogP contribution >= 0.6 is 11.6 Å². The number of aldehydes is 1. The number of anilines is 1. The minimum absolute atomic E-state index is 0.0408. The van der Waals surface area contributed by atoms with Crippen LogP contribution < -0.4 is 10.6 Å². The van der Waals surface area contributed by atoms with E-state index < -0.39 is 0 Å². The Bertz CT molecular complexity index is 929. The van der Waals surface area contributed by atoms with Crippen LogP contribution in [-0.4, -0.2) is 40.5 Å². The summed E-state index contributed by atoms with van der Waals surface area (Å²) in [5.41, 5.74) is 3.93. The number of H-pyrrole nitrogens is 1. The first-order chi connectivity index (χ1) is 14.5. The highest BCUT2D eigenvalue weighted by Gasteiger charge is 2.24. The van der Waals surface area contributed by atoms with Crippen LogP contribution in [0.15, 0.2) is 48.9 Å². The lowest BCUT2D eigenvalue weighted by Gasteiger charge is -2.10. The molecule has 7 nitrogen and oxygen atoms in total. The van der Waals surface area contributed by atoms with E-state index in [2.05, 4.69) is 25.8 Å². The van der Waals surface area contributed by atoms with Crippen LogP contribution in [0.4, 0.5) is 5.69 Å². The van der Waals surface area contributed by atoms with Crippen molar-refractivity contribution in [2.24, 2.45) is 0 Å². The number of carbonyl (C=O) groups is 2. The highest BCUT2D eigenvalue weighted by atomic mass is 35.5. The summed E-state index contributed by atoms with van der Waals surface area (Å²) >= 11 is 6.07. The van der Waals surface area contributed by atoms with E-state index in [1.807, 2.05) is 38.2 Å². The van der Waals surface area contributed by atoms with Gasteiger partial charge in [-0.3, -0.25) is 19.7 Å². The van der Waals surface area contributed by atoms with Crippen molar-refractivity contribution in [3.05, 3.63) is 76.3 Å². The average molecular weight is 428 g/mol. The Kier molecular flexibility index (Phi) is 9.03. The lowest BCUT2D eigenvalue weighted by atomic mass is 10.1. The number of benzene rings is 1. The second kappa shape index (κ2) is 11.7. The monoisotopic (exact) mass is 427 g/mol. The largest absolute Gasteiger partial charge is 0.388 e. The third-order valence-corrected chi connectivity index (χ3v) is 4.74. The van der Waals surface area contributed by atoms with E-state index in [9.17, 15) is 9.59 Å². The Morgan fingerprint density at radius 1 is 1.20 bits per heavy atom. The molecule has 0 atom stereocenters. The molecule has 0 aliphatic heterocycles. The fourth-order valence-corrected chi connectivity index (χ4v) is 2.58. The van der Waals surface area contributed by atoms with Gasteiger partial charge in [0.2, 0.25) is 0 Å². The molecule has 0 bridgehead atoms. The molecule has 0 saturated heterocycles. The standard InChI is InChI=1S/C12H15ClN2O.C5H6N2O.C5H5N/c1-7-10(13)5-8(6-11(7)14-2)12(16)15-9-3-4-9;1-4-5(3-8)2-6-7-4;1-2-4-6-5-3-1/h5-6,9,14H,3-4H2,1-2H3,(H,15,16);2-3H,1H3,(H,6,7);1-5H. The van der Waals surface area contributed by atoms with Crippen molar-refractivity contribution in [1.29, 1.82) is 0 Å². The summed E-state index contributed by atoms with van der Waals surface area (Å²) in [7, 11) is 1.82. The van der Waals surface area contributed by atoms with E-state index >= 15 is 0 Å². The van der Waals surface area contributed by atoms with Gasteiger partial charge in [0.15, 0.2) is 6.29 Å². The zero-order valence-electron chi connectivity index (χ0n) is 17.3. The normalized spacial score (nSPS) is 11.9. The van der Waals surface area contributed by atoms with Crippen LogP contribution in [0.25, 0.3) is 0 Å². The summed E-state index contributed by atoms with van der Waals surface area (Å²) < 4.78 is 0. The predicted molar refractivity (Wildman–Crippen MR) is 119 cm³/mol. The zero-order chi connectivity index (χ0) is 21.9. The fraction of sp³-hybridized carbons (Fsp3) is 0.273. The van der Waals surface area contributed by atoms with Gasteiger partial charge in [0.05, 0.1) is 11.8 Å². The van der Waals surface area contributed by atoms with Gasteiger partial charge in [0.25, 0.3) is 5.91 Å². The number of carbonyl (C=O) groups excluding carboxylic acids is 2. The van der Waals surface area contributed by atoms with Gasteiger partial charge in [-0.05, 0) is 56.5 Å². The first-order valence-corrected chi connectivity index (χ1v) is 9.93. The molecule has 158 valence electrons. The Morgan fingerprint density at radius 2 is 1.90 bits per heavy atom. The molecule has 4 rings (SSSR count). The van der Waals surface area contributed by atoms with Crippen molar-refractivity contribution in [2.45, 2.75) is 32.7 Å². The molecule has 8 heteroatoms. The van der Waals surface area contributed by atoms with E-state index in [1.54, 1.807) is 25.4 Å². The average Bonchev–Trinajstić information content (AvgIpc) is 3.49. The maximum Gasteiger partial charge on any atom is 0.251 e. The van der Waals surface area contributed by atoms with E-state index in [4.69, 9.17) is 11.6 Å². The summed E-state index contributed by atoms with van der Waals surface area (Å²) in [4.78, 5) is 25.6. The number of hydrogen-bond donors (Lipinski definition) is 3. The number of pyridine rings is 1. The lowest BCUT2D eigenvalue weighted by Crippen LogP contribution is -2.25. The van der Waals surface area contributed by atoms with Crippen molar-refractivity contribution >= 4 is 29.5 Å². The topological polar surface area (TPSA) is 99.8 Å². The Morgan fingerprint density at radius 3 is 2.30 bits per heavy atom. The molecule has 1 amide bonds. The molecule has 0 spiro atoms. The third kappa shape index (κ3) is 7.33. The van der Waals surface area contributed by atoms with Crippen LogP contribution in [0.2, 0.25) is 5.02 Å². The number of rotatable bonds is 4. The summed E-state index contributed by atoms with van der Waals surface area (Å²) in [5, 5.41) is 12.9. The summed E-state index contributed by atoms with van der Waals surface area (Å²) in [6.07, 6.45) is 7.95. The smallest absolute Gasteiger partial charge is 0.251 e. The first-order valence-electron chi connectivity index (χ1n) is 9.55. The van der Waals surface area contributed by atoms with Crippen LogP contribution in [0.5, 0.6) is 0 Å². The number of amides is 1. The van der Waals surface area contributed by atoms with Gasteiger partial charge in [0.1, 0.15) is 0 Å². The Labute approximate surface area is 181 Å². The van der Waals surface area contributed by atoms with Gasteiger partial charge in [-0.2, -0.15) is 5.10 Å². The predicted octanol–water partition coefficient (Wildman–Crippen LogP) is 4.19. The second-order valence-electron chi connectivity index (χ2n) is 6.72. The number of aromatic amines is 1. The van der Waals surface area contributed by atoms with E-state index in [-0.39, 0.29) is 5.91 Å². The van der Waals surface area contributed by atoms with Gasteiger partial charge in [-0.15, -0.1) is 0 Å². The molecule has 0 radical (unpaired) electrons. The van der Waals surface area contributed by atoms with Crippen molar-refractivity contribution < 1.29 is 9.59 Å². The molecule has 0 unspecified atom stereocenters. The number of aryl methyl sites for hydroxylation is 1. The van der Waals surface area contributed by atoms with Crippen molar-refractivity contribution in [1.82, 2.24) is 20.5 Å². The summed E-state index contributed by atoms with van der Waals surface area (Å²) in [6, 6.07) is 9.63. The van der Waals surface area contributed by atoms with Crippen LogP contribution in [0, 0.1) is 13.8 Å². The van der Waals surface area contributed by atoms with E-state index in [0.717, 1.165) is 36.1 Å². The molecular weight excluding hydrogens is 402 g/mol. The molecule has 2 aromatic heterocycles. The summed E-state index contributed by atoms with van der Waals surface area (Å²) in [5.74, 6) is -0.0408. The molecule has 1 aliphatic carbocycles. The zero-order valence-corrected chi connectivity index (χ0v) is 18.0. The molecule has 2 heterocycles. The minimum atomic E-state index is -0.0408. The molecule has 1 saturated carbocycles. The molecule has 1 fully saturated rings. The third-order valence-electron chi connectivity index (χ3n) is 4.35. The Hall–Kier alpha value is -3.19. The van der Waals surface area contributed by atoms with Crippen molar-refractivity contribution in [3.8, 4) is 0 Å². The number of halogens is 1. The highest BCUT2D eigenvalue weighted by molar-refractivity contribution is 6.32. The number of nitrogens with zero attached hydrogens (tertiary/aromatic N) is 2. The molecule has 30 heavy (non-hydrogen) atoms. The molecule has 1 aromatic carbocycles. The van der Waals surface area contributed by atoms with Crippen molar-refractivity contribution in [3.63, 3.8) is 0 Å². The van der Waals surface area contributed by atoms with E-state index in [0.29, 0.717) is 22.2 Å². The number of hydrogen-bond acceptors (Lipinski definition) is 5. The number of aromatic nitrogens is 3. The van der Waals surface area contributed by atoms with Gasteiger partial charge in [0, 0.05) is 47.5 Å². The highest BCUT2D eigenvalue weighted by Crippen LogP contribution is 2.26. The van der Waals surface area contributed by atoms with Crippen LogP contribution in [0.3, 0.4) is 0 Å². The SMILES string of the molecule is CNc1cc(C(=O)NC2CC2)cc(Cl)c1C.Cc1[nH]ncc1C=O.c1ccncc1. The minimum Gasteiger partial charge on any atom is -0.388 e. The van der Waals surface area contributed by atoms with Crippen LogP contribution in [-0.2, 0) is 0 Å². The van der Waals surface area contributed by atoms with Crippen LogP contribution in [0.1, 0.15) is 44.8 Å². The first kappa shape index (κ1) is 23.1. The van der Waals surface area contributed by atoms with Gasteiger partial charge in [-0.1, -0.05) is 17.7 Å². The quantitative estimate of drug-likeness (QED) is 0.542.